The lowest BCUT2D eigenvalue weighted by Gasteiger charge is -2.33. The number of Topliss-reactive ketones (excluding diaryl/α,β-unsaturated/α-hetero) is 1. The minimum atomic E-state index is -4.99. The minimum Gasteiger partial charge on any atom is -0.457 e. The van der Waals surface area contributed by atoms with Crippen molar-refractivity contribution in [1.29, 1.82) is 0 Å². The number of hydrogen-bond acceptors (Lipinski definition) is 6. The predicted octanol–water partition coefficient (Wildman–Crippen LogP) is 7.03. The van der Waals surface area contributed by atoms with Crippen LogP contribution in [0.4, 0.5) is 33.6 Å². The number of aryl methyl sites for hydroxylation is 1. The SMILES string of the molecule is CC(C)N1CCC(C(=O)Cc2cc(Oc3ccc4c(c3)nc(Nc3cc(C(F)(F)F)c(F)cc3F)n4C)ccn2)CC1. The van der Waals surface area contributed by atoms with Crippen LogP contribution in [0.25, 0.3) is 11.0 Å². The molecule has 12 heteroatoms. The molecule has 0 aliphatic carbocycles. The van der Waals surface area contributed by atoms with Crippen LogP contribution in [0.5, 0.6) is 11.5 Å². The van der Waals surface area contributed by atoms with E-state index in [1.54, 1.807) is 43.6 Å². The van der Waals surface area contributed by atoms with Crippen molar-refractivity contribution in [3.63, 3.8) is 0 Å². The summed E-state index contributed by atoms with van der Waals surface area (Å²) >= 11 is 0. The molecule has 1 aliphatic heterocycles. The van der Waals surface area contributed by atoms with Crippen molar-refractivity contribution in [2.24, 2.45) is 13.0 Å². The topological polar surface area (TPSA) is 72.3 Å². The molecule has 0 amide bonds. The molecule has 0 saturated carbocycles. The van der Waals surface area contributed by atoms with Crippen molar-refractivity contribution < 1.29 is 31.5 Å². The summed E-state index contributed by atoms with van der Waals surface area (Å²) in [5.41, 5.74) is -0.534. The maximum Gasteiger partial charge on any atom is 0.419 e. The van der Waals surface area contributed by atoms with Gasteiger partial charge in [0, 0.05) is 49.8 Å². The zero-order chi connectivity index (χ0) is 30.2. The number of rotatable bonds is 8. The maximum absolute atomic E-state index is 14.3. The highest BCUT2D eigenvalue weighted by molar-refractivity contribution is 5.83. The normalized spacial score (nSPS) is 15.0. The van der Waals surface area contributed by atoms with E-state index in [4.69, 9.17) is 4.74 Å². The van der Waals surface area contributed by atoms with E-state index >= 15 is 0 Å². The number of fused-ring (bicyclic) bond motifs is 1. The number of alkyl halides is 3. The fourth-order valence-electron chi connectivity index (χ4n) is 5.15. The van der Waals surface area contributed by atoms with Gasteiger partial charge in [-0.2, -0.15) is 13.2 Å². The Kier molecular flexibility index (Phi) is 8.18. The number of likely N-dealkylation sites (tertiary alicyclic amines) is 1. The molecule has 0 bridgehead atoms. The number of carbonyl (C=O) groups excluding carboxylic acids is 1. The van der Waals surface area contributed by atoms with Gasteiger partial charge in [-0.1, -0.05) is 0 Å². The van der Waals surface area contributed by atoms with Crippen LogP contribution in [0.2, 0.25) is 0 Å². The van der Waals surface area contributed by atoms with Crippen LogP contribution in [0.3, 0.4) is 0 Å². The van der Waals surface area contributed by atoms with E-state index in [0.29, 0.717) is 40.3 Å². The highest BCUT2D eigenvalue weighted by Gasteiger charge is 2.35. The second kappa shape index (κ2) is 11.7. The van der Waals surface area contributed by atoms with Gasteiger partial charge in [0.2, 0.25) is 5.95 Å². The fraction of sp³-hybridized carbons (Fsp3) is 0.367. The molecule has 1 fully saturated rings. The first-order valence-electron chi connectivity index (χ1n) is 13.6. The van der Waals surface area contributed by atoms with Gasteiger partial charge in [0.05, 0.1) is 28.0 Å². The summed E-state index contributed by atoms with van der Waals surface area (Å²) in [4.78, 5) is 24.0. The van der Waals surface area contributed by atoms with Crippen molar-refractivity contribution in [2.45, 2.75) is 45.3 Å². The lowest BCUT2D eigenvalue weighted by atomic mass is 9.90. The Bertz CT molecular complexity index is 1610. The molecule has 1 aliphatic rings. The summed E-state index contributed by atoms with van der Waals surface area (Å²) in [5.74, 6) is -1.77. The molecule has 0 atom stereocenters. The molecule has 42 heavy (non-hydrogen) atoms. The molecule has 0 spiro atoms. The molecule has 0 radical (unpaired) electrons. The average Bonchev–Trinajstić information content (AvgIpc) is 3.23. The second-order valence-corrected chi connectivity index (χ2v) is 10.7. The Balaban J connectivity index is 1.29. The van der Waals surface area contributed by atoms with Crippen LogP contribution < -0.4 is 10.1 Å². The summed E-state index contributed by atoms with van der Waals surface area (Å²) in [6.07, 6.45) is -1.52. The summed E-state index contributed by atoms with van der Waals surface area (Å²) in [5, 5.41) is 2.53. The Labute approximate surface area is 239 Å². The number of ketones is 1. The lowest BCUT2D eigenvalue weighted by Crippen LogP contribution is -2.40. The third-order valence-corrected chi connectivity index (χ3v) is 7.56. The van der Waals surface area contributed by atoms with Gasteiger partial charge in [-0.25, -0.2) is 13.8 Å². The van der Waals surface area contributed by atoms with Gasteiger partial charge in [0.1, 0.15) is 28.9 Å². The van der Waals surface area contributed by atoms with Crippen LogP contribution in [0.15, 0.2) is 48.7 Å². The number of halogens is 5. The van der Waals surface area contributed by atoms with Crippen LogP contribution in [0.1, 0.15) is 37.9 Å². The van der Waals surface area contributed by atoms with E-state index in [0.717, 1.165) is 25.9 Å². The van der Waals surface area contributed by atoms with Crippen molar-refractivity contribution in [3.05, 3.63) is 71.6 Å². The van der Waals surface area contributed by atoms with Gasteiger partial charge < -0.3 is 19.5 Å². The van der Waals surface area contributed by atoms with E-state index in [2.05, 4.69) is 34.0 Å². The number of anilines is 2. The van der Waals surface area contributed by atoms with Crippen LogP contribution in [0, 0.1) is 17.6 Å². The highest BCUT2D eigenvalue weighted by Crippen LogP contribution is 2.35. The van der Waals surface area contributed by atoms with Crippen molar-refractivity contribution in [2.75, 3.05) is 18.4 Å². The molecular formula is C30H30F5N5O2. The number of nitrogens with zero attached hydrogens (tertiary/aromatic N) is 4. The van der Waals surface area contributed by atoms with E-state index < -0.39 is 29.1 Å². The van der Waals surface area contributed by atoms with E-state index in [1.165, 1.54) is 4.57 Å². The first-order valence-corrected chi connectivity index (χ1v) is 13.6. The molecule has 1 N–H and O–H groups in total. The van der Waals surface area contributed by atoms with E-state index in [1.807, 2.05) is 0 Å². The predicted molar refractivity (Wildman–Crippen MR) is 148 cm³/mol. The molecule has 5 rings (SSSR count). The third kappa shape index (κ3) is 6.38. The molecule has 2 aromatic carbocycles. The molecular weight excluding hydrogens is 557 g/mol. The van der Waals surface area contributed by atoms with Gasteiger partial charge in [-0.15, -0.1) is 0 Å². The molecule has 222 valence electrons. The Hall–Kier alpha value is -4.06. The van der Waals surface area contributed by atoms with Gasteiger partial charge in [-0.3, -0.25) is 9.78 Å². The number of benzene rings is 2. The van der Waals surface area contributed by atoms with Crippen molar-refractivity contribution >= 4 is 28.5 Å². The van der Waals surface area contributed by atoms with Gasteiger partial charge >= 0.3 is 6.18 Å². The molecule has 7 nitrogen and oxygen atoms in total. The minimum absolute atomic E-state index is 0.0178. The van der Waals surface area contributed by atoms with Gasteiger partial charge in [-0.05, 0) is 64.0 Å². The standard InChI is InChI=1S/C30H30F5N5O2/c1-17(2)40-10-7-18(8-11-40)28(41)13-19-12-21(6-9-36-19)42-20-4-5-27-26(14-20)38-29(39(27)3)37-25-15-22(30(33,34)35)23(31)16-24(25)32/h4-6,9,12,14-18H,7-8,10-11,13H2,1-3H3,(H,37,38). The zero-order valence-electron chi connectivity index (χ0n) is 23.3. The number of imidazole rings is 1. The molecule has 0 unspecified atom stereocenters. The summed E-state index contributed by atoms with van der Waals surface area (Å²) < 4.78 is 74.9. The molecule has 1 saturated heterocycles. The Morgan fingerprint density at radius 2 is 1.76 bits per heavy atom. The second-order valence-electron chi connectivity index (χ2n) is 10.7. The monoisotopic (exact) mass is 587 g/mol. The number of ether oxygens (including phenoxy) is 1. The third-order valence-electron chi connectivity index (χ3n) is 7.56. The van der Waals surface area contributed by atoms with Crippen LogP contribution >= 0.6 is 0 Å². The number of pyridine rings is 1. The quantitative estimate of drug-likeness (QED) is 0.223. The zero-order valence-corrected chi connectivity index (χ0v) is 23.3. The maximum atomic E-state index is 14.3. The lowest BCUT2D eigenvalue weighted by molar-refractivity contribution is -0.140. The van der Waals surface area contributed by atoms with Crippen molar-refractivity contribution in [3.8, 4) is 11.5 Å². The smallest absolute Gasteiger partial charge is 0.419 e. The largest absolute Gasteiger partial charge is 0.457 e. The Morgan fingerprint density at radius 3 is 2.45 bits per heavy atom. The van der Waals surface area contributed by atoms with Gasteiger partial charge in [0.15, 0.2) is 0 Å². The average molecular weight is 588 g/mol. The molecule has 3 heterocycles. The highest BCUT2D eigenvalue weighted by atomic mass is 19.4. The molecule has 4 aromatic rings. The van der Waals surface area contributed by atoms with Crippen LogP contribution in [-0.4, -0.2) is 44.3 Å². The first kappa shape index (κ1) is 29.4. The van der Waals surface area contributed by atoms with Gasteiger partial charge in [0.25, 0.3) is 0 Å². The first-order chi connectivity index (χ1) is 19.9. The summed E-state index contributed by atoms with van der Waals surface area (Å²) in [6, 6.07) is 9.41. The number of aromatic nitrogens is 3. The summed E-state index contributed by atoms with van der Waals surface area (Å²) in [7, 11) is 1.60. The van der Waals surface area contributed by atoms with Crippen molar-refractivity contribution in [1.82, 2.24) is 19.4 Å². The Morgan fingerprint density at radius 1 is 1.05 bits per heavy atom. The number of piperidine rings is 1. The fourth-order valence-corrected chi connectivity index (χ4v) is 5.15. The molecule has 2 aromatic heterocycles. The van der Waals surface area contributed by atoms with E-state index in [-0.39, 0.29) is 30.1 Å². The summed E-state index contributed by atoms with van der Waals surface area (Å²) in [6.45, 7) is 6.13. The number of carbonyl (C=O) groups is 1. The number of hydrogen-bond donors (Lipinski definition) is 1. The number of nitrogens with one attached hydrogen (secondary N) is 1. The van der Waals surface area contributed by atoms with E-state index in [9.17, 15) is 26.7 Å². The van der Waals surface area contributed by atoms with Crippen LogP contribution in [-0.2, 0) is 24.4 Å².